The lowest BCUT2D eigenvalue weighted by Gasteiger charge is -2.14. The van der Waals surface area contributed by atoms with Gasteiger partial charge in [-0.3, -0.25) is 9.59 Å². The lowest BCUT2D eigenvalue weighted by atomic mass is 10.2. The van der Waals surface area contributed by atoms with Crippen LogP contribution in [0.25, 0.3) is 0 Å². The molecule has 2 amide bonds. The van der Waals surface area contributed by atoms with E-state index in [1.54, 1.807) is 12.1 Å². The summed E-state index contributed by atoms with van der Waals surface area (Å²) in [5.74, 6) is -1.11. The van der Waals surface area contributed by atoms with Gasteiger partial charge in [0.15, 0.2) is 0 Å². The number of nitrogens with one attached hydrogen (secondary N) is 2. The van der Waals surface area contributed by atoms with Gasteiger partial charge in [-0.2, -0.15) is 4.72 Å². The normalized spacial score (nSPS) is 12.4. The second kappa shape index (κ2) is 7.77. The van der Waals surface area contributed by atoms with E-state index >= 15 is 0 Å². The third-order valence-corrected chi connectivity index (χ3v) is 5.37. The molecule has 0 fully saturated rings. The van der Waals surface area contributed by atoms with E-state index in [-0.39, 0.29) is 4.90 Å². The minimum absolute atomic E-state index is 0.0566. The van der Waals surface area contributed by atoms with Crippen LogP contribution in [0.4, 0.5) is 5.69 Å². The Balaban J connectivity index is 2.04. The van der Waals surface area contributed by atoms with Crippen LogP contribution in [0.15, 0.2) is 57.9 Å². The fourth-order valence-electron chi connectivity index (χ4n) is 1.94. The Morgan fingerprint density at radius 1 is 1.04 bits per heavy atom. The molecular weight excluding hydrogens is 410 g/mol. The molecule has 0 saturated carbocycles. The molecular formula is C16H16BrN3O4S. The second-order valence-electron chi connectivity index (χ2n) is 5.23. The fourth-order valence-corrected chi connectivity index (χ4v) is 3.40. The highest BCUT2D eigenvalue weighted by molar-refractivity contribution is 9.10. The van der Waals surface area contributed by atoms with Gasteiger partial charge in [0.2, 0.25) is 21.8 Å². The van der Waals surface area contributed by atoms with Gasteiger partial charge >= 0.3 is 0 Å². The van der Waals surface area contributed by atoms with Gasteiger partial charge in [0, 0.05) is 15.7 Å². The van der Waals surface area contributed by atoms with Crippen molar-refractivity contribution in [2.45, 2.75) is 17.9 Å². The first-order chi connectivity index (χ1) is 11.7. The van der Waals surface area contributed by atoms with Gasteiger partial charge in [-0.05, 0) is 55.5 Å². The first-order valence-corrected chi connectivity index (χ1v) is 9.45. The predicted octanol–water partition coefficient (Wildman–Crippen LogP) is 1.85. The van der Waals surface area contributed by atoms with Crippen molar-refractivity contribution in [3.8, 4) is 0 Å². The molecule has 1 atom stereocenters. The SMILES string of the molecule is C[C@H](NS(=O)(=O)c1ccc(Br)cc1)C(=O)Nc1ccc(C(N)=O)cc1. The molecule has 2 aromatic rings. The predicted molar refractivity (Wildman–Crippen MR) is 97.5 cm³/mol. The van der Waals surface area contributed by atoms with Gasteiger partial charge in [-0.25, -0.2) is 8.42 Å². The molecule has 0 unspecified atom stereocenters. The zero-order chi connectivity index (χ0) is 18.6. The molecule has 132 valence electrons. The Bertz CT molecular complexity index is 881. The molecule has 7 nitrogen and oxygen atoms in total. The lowest BCUT2D eigenvalue weighted by molar-refractivity contribution is -0.117. The number of carbonyl (C=O) groups is 2. The van der Waals surface area contributed by atoms with E-state index in [2.05, 4.69) is 26.0 Å². The number of hydrogen-bond donors (Lipinski definition) is 3. The van der Waals surface area contributed by atoms with Crippen LogP contribution < -0.4 is 15.8 Å². The van der Waals surface area contributed by atoms with Gasteiger partial charge in [0.25, 0.3) is 0 Å². The summed E-state index contributed by atoms with van der Waals surface area (Å²) in [5, 5.41) is 2.57. The van der Waals surface area contributed by atoms with E-state index in [1.165, 1.54) is 43.3 Å². The van der Waals surface area contributed by atoms with Gasteiger partial charge < -0.3 is 11.1 Å². The summed E-state index contributed by atoms with van der Waals surface area (Å²) < 4.78 is 27.6. The largest absolute Gasteiger partial charge is 0.366 e. The minimum atomic E-state index is -3.82. The van der Waals surface area contributed by atoms with E-state index in [4.69, 9.17) is 5.73 Å². The summed E-state index contributed by atoms with van der Waals surface area (Å²) in [5.41, 5.74) is 5.87. The molecule has 0 heterocycles. The smallest absolute Gasteiger partial charge is 0.248 e. The maximum Gasteiger partial charge on any atom is 0.248 e. The summed E-state index contributed by atoms with van der Waals surface area (Å²) in [6.07, 6.45) is 0. The third kappa shape index (κ3) is 5.12. The van der Waals surface area contributed by atoms with E-state index in [0.717, 1.165) is 4.47 Å². The lowest BCUT2D eigenvalue weighted by Crippen LogP contribution is -2.41. The number of benzene rings is 2. The zero-order valence-electron chi connectivity index (χ0n) is 13.2. The van der Waals surface area contributed by atoms with Crippen LogP contribution in [0, 0.1) is 0 Å². The van der Waals surface area contributed by atoms with Crippen molar-refractivity contribution < 1.29 is 18.0 Å². The minimum Gasteiger partial charge on any atom is -0.366 e. The Kier molecular flexibility index (Phi) is 5.93. The molecule has 0 aliphatic rings. The number of anilines is 1. The molecule has 4 N–H and O–H groups in total. The summed E-state index contributed by atoms with van der Waals surface area (Å²) in [7, 11) is -3.82. The standard InChI is InChI=1S/C16H16BrN3O4S/c1-10(20-25(23,24)14-8-4-12(17)5-9-14)16(22)19-13-6-2-11(3-7-13)15(18)21/h2-10,20H,1H3,(H2,18,21)(H,19,22)/t10-/m0/s1. The topological polar surface area (TPSA) is 118 Å². The average molecular weight is 426 g/mol. The van der Waals surface area contributed by atoms with Gasteiger partial charge in [-0.15, -0.1) is 0 Å². The molecule has 0 spiro atoms. The molecule has 0 saturated heterocycles. The van der Waals surface area contributed by atoms with Crippen LogP contribution in [0.5, 0.6) is 0 Å². The van der Waals surface area contributed by atoms with Gasteiger partial charge in [-0.1, -0.05) is 15.9 Å². The monoisotopic (exact) mass is 425 g/mol. The molecule has 9 heteroatoms. The highest BCUT2D eigenvalue weighted by Gasteiger charge is 2.22. The number of primary amides is 1. The molecule has 0 bridgehead atoms. The summed E-state index contributed by atoms with van der Waals surface area (Å²) in [6.45, 7) is 1.43. The Morgan fingerprint density at radius 3 is 2.12 bits per heavy atom. The van der Waals surface area contributed by atoms with Crippen LogP contribution in [0.3, 0.4) is 0 Å². The number of halogens is 1. The van der Waals surface area contributed by atoms with Gasteiger partial charge in [0.05, 0.1) is 10.9 Å². The maximum absolute atomic E-state index is 12.3. The van der Waals surface area contributed by atoms with Crippen LogP contribution in [-0.4, -0.2) is 26.3 Å². The van der Waals surface area contributed by atoms with E-state index < -0.39 is 27.9 Å². The van der Waals surface area contributed by atoms with Gasteiger partial charge in [0.1, 0.15) is 0 Å². The highest BCUT2D eigenvalue weighted by atomic mass is 79.9. The molecule has 0 aliphatic carbocycles. The number of sulfonamides is 1. The van der Waals surface area contributed by atoms with E-state index in [9.17, 15) is 18.0 Å². The van der Waals surface area contributed by atoms with Crippen LogP contribution in [0.2, 0.25) is 0 Å². The van der Waals surface area contributed by atoms with Crippen molar-refractivity contribution >= 4 is 43.5 Å². The summed E-state index contributed by atoms with van der Waals surface area (Å²) >= 11 is 3.23. The fraction of sp³-hybridized carbons (Fsp3) is 0.125. The van der Waals surface area contributed by atoms with Crippen molar-refractivity contribution in [3.05, 3.63) is 58.6 Å². The van der Waals surface area contributed by atoms with E-state index in [0.29, 0.717) is 11.3 Å². The Hall–Kier alpha value is -2.23. The van der Waals surface area contributed by atoms with Crippen molar-refractivity contribution in [1.29, 1.82) is 0 Å². The molecule has 2 rings (SSSR count). The number of rotatable bonds is 6. The average Bonchev–Trinajstić information content (AvgIpc) is 2.55. The second-order valence-corrected chi connectivity index (χ2v) is 7.86. The zero-order valence-corrected chi connectivity index (χ0v) is 15.6. The number of nitrogens with two attached hydrogens (primary N) is 1. The Morgan fingerprint density at radius 2 is 1.60 bits per heavy atom. The summed E-state index contributed by atoms with van der Waals surface area (Å²) in [6, 6.07) is 11.0. The number of carbonyl (C=O) groups excluding carboxylic acids is 2. The number of hydrogen-bond acceptors (Lipinski definition) is 4. The molecule has 0 aromatic heterocycles. The number of amides is 2. The van der Waals surface area contributed by atoms with Crippen molar-refractivity contribution in [1.82, 2.24) is 4.72 Å². The van der Waals surface area contributed by atoms with Crippen molar-refractivity contribution in [2.24, 2.45) is 5.73 Å². The molecule has 2 aromatic carbocycles. The quantitative estimate of drug-likeness (QED) is 0.653. The van der Waals surface area contributed by atoms with Crippen LogP contribution >= 0.6 is 15.9 Å². The first-order valence-electron chi connectivity index (χ1n) is 7.17. The highest BCUT2D eigenvalue weighted by Crippen LogP contribution is 2.15. The third-order valence-electron chi connectivity index (χ3n) is 3.29. The maximum atomic E-state index is 12.3. The first kappa shape index (κ1) is 19.1. The Labute approximate surface area is 153 Å². The molecule has 0 radical (unpaired) electrons. The van der Waals surface area contributed by atoms with Crippen LogP contribution in [-0.2, 0) is 14.8 Å². The van der Waals surface area contributed by atoms with Crippen LogP contribution in [0.1, 0.15) is 17.3 Å². The molecule has 0 aliphatic heterocycles. The molecule has 25 heavy (non-hydrogen) atoms. The van der Waals surface area contributed by atoms with E-state index in [1.807, 2.05) is 0 Å². The van der Waals surface area contributed by atoms with Crippen molar-refractivity contribution in [2.75, 3.05) is 5.32 Å². The summed E-state index contributed by atoms with van der Waals surface area (Å²) in [4.78, 5) is 23.2. The van der Waals surface area contributed by atoms with Crippen molar-refractivity contribution in [3.63, 3.8) is 0 Å².